The summed E-state index contributed by atoms with van der Waals surface area (Å²) < 4.78 is 61.2. The monoisotopic (exact) mass is 676 g/mol. The van der Waals surface area contributed by atoms with Gasteiger partial charge in [0.25, 0.3) is 0 Å². The lowest BCUT2D eigenvalue weighted by Crippen LogP contribution is -2.69. The number of aliphatic hydroxyl groups excluding tert-OH is 2. The number of hydrogen-bond acceptors (Lipinski definition) is 11. The molecule has 1 saturated heterocycles. The highest BCUT2D eigenvalue weighted by Crippen LogP contribution is 2.72. The second-order valence-corrected chi connectivity index (χ2v) is 15.7. The number of aliphatic hydroxyl groups is 2. The number of hydrogen-bond donors (Lipinski definition) is 2. The van der Waals surface area contributed by atoms with Crippen LogP contribution in [-0.4, -0.2) is 83.0 Å². The molecule has 4 aliphatic carbocycles. The van der Waals surface area contributed by atoms with Crippen molar-refractivity contribution in [2.24, 2.45) is 22.7 Å². The Balaban J connectivity index is 1.32. The third kappa shape index (κ3) is 5.09. The van der Waals surface area contributed by atoms with Gasteiger partial charge in [-0.3, -0.25) is 14.1 Å². The van der Waals surface area contributed by atoms with E-state index in [1.807, 2.05) is 0 Å². The summed E-state index contributed by atoms with van der Waals surface area (Å²) in [6.07, 6.45) is -0.565. The number of para-hydroxylation sites is 1. The minimum Gasteiger partial charge on any atom is -0.464 e. The van der Waals surface area contributed by atoms with Crippen LogP contribution in [0.25, 0.3) is 0 Å². The number of carbonyl (C=O) groups excluding carboxylic acids is 3. The number of halogens is 1. The van der Waals surface area contributed by atoms with Crippen LogP contribution >= 0.6 is 7.60 Å². The summed E-state index contributed by atoms with van der Waals surface area (Å²) >= 11 is 0. The van der Waals surface area contributed by atoms with E-state index < -0.39 is 90.7 Å². The molecule has 4 fully saturated rings. The van der Waals surface area contributed by atoms with E-state index in [2.05, 4.69) is 0 Å². The van der Waals surface area contributed by atoms with E-state index in [9.17, 15) is 29.2 Å². The maximum Gasteiger partial charge on any atom is 0.385 e. The van der Waals surface area contributed by atoms with E-state index in [-0.39, 0.29) is 31.0 Å². The summed E-state index contributed by atoms with van der Waals surface area (Å²) in [5.74, 6) is -2.70. The van der Waals surface area contributed by atoms with Gasteiger partial charge in [0, 0.05) is 16.7 Å². The predicted molar refractivity (Wildman–Crippen MR) is 165 cm³/mol. The molecule has 11 atom stereocenters. The number of benzene rings is 1. The predicted octanol–water partition coefficient (Wildman–Crippen LogP) is 4.25. The van der Waals surface area contributed by atoms with E-state index in [4.69, 9.17) is 23.3 Å². The summed E-state index contributed by atoms with van der Waals surface area (Å²) in [6, 6.07) is 8.20. The Morgan fingerprint density at radius 1 is 1.19 bits per heavy atom. The van der Waals surface area contributed by atoms with Gasteiger partial charge in [0.05, 0.1) is 18.8 Å². The fraction of sp³-hybridized carbons (Fsp3) is 0.618. The van der Waals surface area contributed by atoms with Crippen molar-refractivity contribution in [1.82, 2.24) is 0 Å². The van der Waals surface area contributed by atoms with Gasteiger partial charge in [0.1, 0.15) is 18.5 Å². The molecule has 11 nitrogen and oxygen atoms in total. The lowest BCUT2D eigenvalue weighted by atomic mass is 9.44. The SMILES string of the molecule is CCOC(=O)C(C)OP(=O)(CC1O[C@@H]2C[C@H]3[C@@H]4CCC5=CC(=O)C=C[C@]5(C)[C@@]4(F)[C@@H](O)C[C@]3(C)[C@]2(C(=O)CO)O1)Oc1ccccc1. The molecule has 0 aromatic heterocycles. The van der Waals surface area contributed by atoms with E-state index >= 15 is 4.39 Å². The molecule has 0 amide bonds. The number of alkyl halides is 1. The first-order valence-electron chi connectivity index (χ1n) is 16.1. The Kier molecular flexibility index (Phi) is 8.72. The second-order valence-electron chi connectivity index (χ2n) is 13.7. The molecule has 47 heavy (non-hydrogen) atoms. The van der Waals surface area contributed by atoms with Crippen LogP contribution in [0.2, 0.25) is 0 Å². The Hall–Kier alpha value is -2.73. The molecule has 3 saturated carbocycles. The zero-order valence-electron chi connectivity index (χ0n) is 26.9. The first-order chi connectivity index (χ1) is 22.2. The van der Waals surface area contributed by atoms with Crippen molar-refractivity contribution in [1.29, 1.82) is 0 Å². The highest BCUT2D eigenvalue weighted by Gasteiger charge is 2.79. The Morgan fingerprint density at radius 2 is 1.91 bits per heavy atom. The zero-order valence-corrected chi connectivity index (χ0v) is 27.8. The number of ether oxygens (including phenoxy) is 3. The molecule has 1 aromatic rings. The van der Waals surface area contributed by atoms with Gasteiger partial charge in [-0.15, -0.1) is 0 Å². The third-order valence-corrected chi connectivity index (χ3v) is 13.2. The molecular formula is C34H42FO11P. The van der Waals surface area contributed by atoms with Gasteiger partial charge >= 0.3 is 13.6 Å². The summed E-state index contributed by atoms with van der Waals surface area (Å²) in [7, 11) is -4.24. The van der Waals surface area contributed by atoms with E-state index in [1.54, 1.807) is 57.2 Å². The summed E-state index contributed by atoms with van der Waals surface area (Å²) in [5.41, 5.74) is -5.74. The molecule has 256 valence electrons. The second kappa shape index (κ2) is 12.0. The van der Waals surface area contributed by atoms with E-state index in [0.29, 0.717) is 18.4 Å². The molecule has 0 radical (unpaired) electrons. The molecule has 0 bridgehead atoms. The van der Waals surface area contributed by atoms with Crippen LogP contribution in [0.4, 0.5) is 4.39 Å². The van der Waals surface area contributed by atoms with Crippen molar-refractivity contribution < 1.29 is 56.8 Å². The minimum atomic E-state index is -4.24. The standard InChI is InChI=1S/C34H42FO11P/c1-5-42-30(40)20(2)45-47(41,46-23-9-7-6-8-10-23)19-29-43-28-16-25-24-12-11-21-15-22(37)13-14-31(21,3)33(24,35)26(38)17-32(25,4)34(28,44-29)27(39)18-36/h6-10,13-15,20,24-26,28-29,36,38H,5,11-12,16-19H2,1-4H3/t20?,24-,25-,26-,28+,29?,31-,32-,33-,34+,47?/m0/s1. The molecule has 3 unspecified atom stereocenters. The van der Waals surface area contributed by atoms with Crippen molar-refractivity contribution in [3.05, 3.63) is 54.1 Å². The first kappa shape index (κ1) is 34.1. The smallest absolute Gasteiger partial charge is 0.385 e. The van der Waals surface area contributed by atoms with Crippen molar-refractivity contribution >= 4 is 25.1 Å². The minimum absolute atomic E-state index is 0.0800. The fourth-order valence-corrected chi connectivity index (χ4v) is 10.9. The van der Waals surface area contributed by atoms with Gasteiger partial charge in [-0.2, -0.15) is 0 Å². The van der Waals surface area contributed by atoms with Crippen molar-refractivity contribution in [2.75, 3.05) is 19.4 Å². The lowest BCUT2D eigenvalue weighted by Gasteiger charge is -2.62. The van der Waals surface area contributed by atoms with Crippen molar-refractivity contribution in [3.63, 3.8) is 0 Å². The van der Waals surface area contributed by atoms with Crippen LogP contribution in [0.1, 0.15) is 53.4 Å². The normalized spacial score (nSPS) is 40.6. The maximum absolute atomic E-state index is 17.6. The number of esters is 1. The quantitative estimate of drug-likeness (QED) is 0.270. The number of carbonyl (C=O) groups is 3. The van der Waals surface area contributed by atoms with Crippen LogP contribution in [0.15, 0.2) is 54.1 Å². The lowest BCUT2D eigenvalue weighted by molar-refractivity contribution is -0.229. The van der Waals surface area contributed by atoms with Crippen LogP contribution < -0.4 is 4.52 Å². The summed E-state index contributed by atoms with van der Waals surface area (Å²) in [6.45, 7) is 5.64. The van der Waals surface area contributed by atoms with Gasteiger partial charge in [0.15, 0.2) is 35.2 Å². The third-order valence-electron chi connectivity index (χ3n) is 11.3. The zero-order chi connectivity index (χ0) is 34.0. The maximum atomic E-state index is 17.6. The number of rotatable bonds is 10. The van der Waals surface area contributed by atoms with Gasteiger partial charge < -0.3 is 28.9 Å². The van der Waals surface area contributed by atoms with Gasteiger partial charge in [-0.25, -0.2) is 13.8 Å². The Labute approximate surface area is 273 Å². The highest BCUT2D eigenvalue weighted by atomic mass is 31.2. The van der Waals surface area contributed by atoms with Crippen LogP contribution in [0, 0.1) is 22.7 Å². The fourth-order valence-electron chi connectivity index (χ4n) is 9.20. The van der Waals surface area contributed by atoms with E-state index in [1.165, 1.54) is 19.1 Å². The van der Waals surface area contributed by atoms with Crippen molar-refractivity contribution in [3.8, 4) is 5.75 Å². The van der Waals surface area contributed by atoms with E-state index in [0.717, 1.165) is 0 Å². The van der Waals surface area contributed by atoms with Gasteiger partial charge in [-0.1, -0.05) is 36.8 Å². The largest absolute Gasteiger partial charge is 0.464 e. The molecule has 0 spiro atoms. The number of Topliss-reactive ketones (excluding diaryl/α,β-unsaturated/α-hetero) is 1. The average molecular weight is 677 g/mol. The molecule has 13 heteroatoms. The van der Waals surface area contributed by atoms with Crippen LogP contribution in [-0.2, 0) is 37.7 Å². The molecule has 1 heterocycles. The van der Waals surface area contributed by atoms with Crippen LogP contribution in [0.5, 0.6) is 5.75 Å². The Morgan fingerprint density at radius 3 is 2.60 bits per heavy atom. The molecular weight excluding hydrogens is 634 g/mol. The molecule has 1 aromatic carbocycles. The average Bonchev–Trinajstić information content (AvgIpc) is 3.49. The highest BCUT2D eigenvalue weighted by molar-refractivity contribution is 7.54. The first-order valence-corrected chi connectivity index (χ1v) is 17.9. The van der Waals surface area contributed by atoms with Crippen molar-refractivity contribution in [2.45, 2.75) is 89.2 Å². The summed E-state index contributed by atoms with van der Waals surface area (Å²) in [4.78, 5) is 38.4. The van der Waals surface area contributed by atoms with Crippen LogP contribution in [0.3, 0.4) is 0 Å². The topological polar surface area (TPSA) is 155 Å². The molecule has 1 aliphatic heterocycles. The van der Waals surface area contributed by atoms with Gasteiger partial charge in [-0.05, 0) is 76.7 Å². The number of allylic oxidation sites excluding steroid dienone is 4. The molecule has 5 aliphatic rings. The summed E-state index contributed by atoms with van der Waals surface area (Å²) in [5, 5.41) is 22.0. The number of ketones is 2. The Bertz CT molecular complexity index is 1550. The molecule has 2 N–H and O–H groups in total. The molecule has 6 rings (SSSR count). The van der Waals surface area contributed by atoms with Gasteiger partial charge in [0.2, 0.25) is 0 Å². The number of fused-ring (bicyclic) bond motifs is 7.